The van der Waals surface area contributed by atoms with Crippen LogP contribution in [0.25, 0.3) is 0 Å². The molecular formula is C23H28N2O5S. The molecule has 1 saturated heterocycles. The molecule has 0 aliphatic carbocycles. The first-order valence-electron chi connectivity index (χ1n) is 10.4. The Morgan fingerprint density at radius 3 is 2.61 bits per heavy atom. The largest absolute Gasteiger partial charge is 0.497 e. The topological polar surface area (TPSA) is 84.9 Å². The van der Waals surface area contributed by atoms with Gasteiger partial charge in [-0.15, -0.1) is 0 Å². The average Bonchev–Trinajstić information content (AvgIpc) is 3.12. The van der Waals surface area contributed by atoms with Gasteiger partial charge in [-0.1, -0.05) is 0 Å². The van der Waals surface area contributed by atoms with E-state index in [0.717, 1.165) is 23.2 Å². The molecule has 2 aliphatic heterocycles. The van der Waals surface area contributed by atoms with Gasteiger partial charge in [0, 0.05) is 30.6 Å². The number of nitrogens with zero attached hydrogens (tertiary/aromatic N) is 1. The minimum absolute atomic E-state index is 0.0758. The molecule has 0 aromatic heterocycles. The molecular weight excluding hydrogens is 416 g/mol. The van der Waals surface area contributed by atoms with Crippen molar-refractivity contribution in [1.29, 1.82) is 0 Å². The van der Waals surface area contributed by atoms with Crippen LogP contribution in [0.1, 0.15) is 50.3 Å². The van der Waals surface area contributed by atoms with Gasteiger partial charge in [-0.3, -0.25) is 4.79 Å². The van der Waals surface area contributed by atoms with Gasteiger partial charge < -0.3 is 14.4 Å². The number of ether oxygens (including phenoxy) is 2. The van der Waals surface area contributed by atoms with Crippen LogP contribution in [-0.2, 0) is 14.8 Å². The molecule has 31 heavy (non-hydrogen) atoms. The quantitative estimate of drug-likeness (QED) is 0.760. The third kappa shape index (κ3) is 4.27. The number of amides is 1. The Labute approximate surface area is 183 Å². The Hall–Kier alpha value is -2.58. The fourth-order valence-corrected chi connectivity index (χ4v) is 5.62. The molecule has 0 saturated carbocycles. The van der Waals surface area contributed by atoms with E-state index in [1.165, 1.54) is 0 Å². The molecule has 1 fully saturated rings. The van der Waals surface area contributed by atoms with Crippen LogP contribution >= 0.6 is 0 Å². The van der Waals surface area contributed by atoms with Gasteiger partial charge >= 0.3 is 0 Å². The summed E-state index contributed by atoms with van der Waals surface area (Å²) in [6.45, 7) is 6.37. The molecule has 166 valence electrons. The van der Waals surface area contributed by atoms with Crippen LogP contribution in [0.5, 0.6) is 11.5 Å². The van der Waals surface area contributed by atoms with Crippen LogP contribution in [-0.4, -0.2) is 33.6 Å². The van der Waals surface area contributed by atoms with Gasteiger partial charge in [0.1, 0.15) is 17.1 Å². The normalized spacial score (nSPS) is 20.3. The molecule has 1 N–H and O–H groups in total. The second-order valence-corrected chi connectivity index (χ2v) is 10.5. The number of fused-ring (bicyclic) bond motifs is 1. The number of carbonyl (C=O) groups is 1. The van der Waals surface area contributed by atoms with E-state index < -0.39 is 21.7 Å². The van der Waals surface area contributed by atoms with Crippen LogP contribution < -0.4 is 19.1 Å². The molecule has 1 atom stereocenters. The average molecular weight is 445 g/mol. The van der Waals surface area contributed by atoms with Crippen molar-refractivity contribution < 1.29 is 22.7 Å². The van der Waals surface area contributed by atoms with Gasteiger partial charge in [0.25, 0.3) is 0 Å². The first-order valence-corrected chi connectivity index (χ1v) is 11.9. The zero-order valence-corrected chi connectivity index (χ0v) is 19.1. The summed E-state index contributed by atoms with van der Waals surface area (Å²) in [6, 6.07) is 9.87. The van der Waals surface area contributed by atoms with E-state index in [0.29, 0.717) is 30.9 Å². The van der Waals surface area contributed by atoms with Gasteiger partial charge in [0.15, 0.2) is 0 Å². The van der Waals surface area contributed by atoms with Crippen molar-refractivity contribution in [2.75, 3.05) is 18.6 Å². The maximum absolute atomic E-state index is 13.3. The molecule has 7 nitrogen and oxygen atoms in total. The number of anilines is 1. The fourth-order valence-electron chi connectivity index (χ4n) is 4.32. The Balaban J connectivity index is 1.64. The van der Waals surface area contributed by atoms with Gasteiger partial charge in [0.2, 0.25) is 15.9 Å². The maximum Gasteiger partial charge on any atom is 0.241 e. The summed E-state index contributed by atoms with van der Waals surface area (Å²) < 4.78 is 40.7. The molecule has 0 bridgehead atoms. The minimum Gasteiger partial charge on any atom is -0.497 e. The van der Waals surface area contributed by atoms with Crippen molar-refractivity contribution in [3.8, 4) is 11.5 Å². The zero-order chi connectivity index (χ0) is 22.4. The molecule has 2 aromatic rings. The highest BCUT2D eigenvalue weighted by Gasteiger charge is 2.36. The highest BCUT2D eigenvalue weighted by atomic mass is 32.2. The van der Waals surface area contributed by atoms with Crippen molar-refractivity contribution in [1.82, 2.24) is 4.72 Å². The van der Waals surface area contributed by atoms with Gasteiger partial charge in [-0.25, -0.2) is 13.1 Å². The third-order valence-electron chi connectivity index (χ3n) is 5.81. The summed E-state index contributed by atoms with van der Waals surface area (Å²) in [4.78, 5) is 14.0. The Morgan fingerprint density at radius 1 is 1.19 bits per heavy atom. The molecule has 2 aromatic carbocycles. The van der Waals surface area contributed by atoms with Crippen molar-refractivity contribution in [3.05, 3.63) is 47.5 Å². The van der Waals surface area contributed by atoms with Crippen LogP contribution in [0.15, 0.2) is 41.3 Å². The number of rotatable bonds is 5. The predicted octanol–water partition coefficient (Wildman–Crippen LogP) is 3.71. The van der Waals surface area contributed by atoms with Crippen molar-refractivity contribution in [2.45, 2.75) is 56.6 Å². The lowest BCUT2D eigenvalue weighted by Crippen LogP contribution is -2.41. The summed E-state index contributed by atoms with van der Waals surface area (Å²) in [5.74, 6) is 1.36. The number of carbonyl (C=O) groups excluding carboxylic acids is 1. The van der Waals surface area contributed by atoms with E-state index >= 15 is 0 Å². The van der Waals surface area contributed by atoms with Crippen LogP contribution in [0.3, 0.4) is 0 Å². The lowest BCUT2D eigenvalue weighted by molar-refractivity contribution is -0.117. The zero-order valence-electron chi connectivity index (χ0n) is 18.3. The molecule has 1 amide bonds. The van der Waals surface area contributed by atoms with Crippen LogP contribution in [0, 0.1) is 6.92 Å². The molecule has 0 radical (unpaired) electrons. The number of methoxy groups -OCH3 is 1. The fraction of sp³-hybridized carbons (Fsp3) is 0.435. The van der Waals surface area contributed by atoms with E-state index in [-0.39, 0.29) is 10.8 Å². The standard InChI is InChI=1S/C23H28N2O5S/c1-15-12-17(8-9-20(15)25-11-5-6-22(25)26)31(27,28)24-19-14-23(2,3)30-21-10-7-16(29-4)13-18(19)21/h7-10,12-13,19,24H,5-6,11,14H2,1-4H3/t19-/m0/s1. The van der Waals surface area contributed by atoms with E-state index in [2.05, 4.69) is 4.72 Å². The Morgan fingerprint density at radius 2 is 1.97 bits per heavy atom. The SMILES string of the molecule is COc1ccc2c(c1)[C@@H](NS(=O)(=O)c1ccc(N3CCCC3=O)c(C)c1)CC(C)(C)O2. The summed E-state index contributed by atoms with van der Waals surface area (Å²) in [6.07, 6.45) is 1.83. The predicted molar refractivity (Wildman–Crippen MR) is 118 cm³/mol. The number of aryl methyl sites for hydroxylation is 1. The Bertz CT molecular complexity index is 1130. The van der Waals surface area contributed by atoms with Gasteiger partial charge in [-0.2, -0.15) is 0 Å². The Kier molecular flexibility index (Phi) is 5.47. The number of benzene rings is 2. The minimum atomic E-state index is -3.80. The van der Waals surface area contributed by atoms with E-state index in [1.54, 1.807) is 36.3 Å². The first kappa shape index (κ1) is 21.6. The van der Waals surface area contributed by atoms with Crippen molar-refractivity contribution >= 4 is 21.6 Å². The lowest BCUT2D eigenvalue weighted by atomic mass is 9.90. The van der Waals surface area contributed by atoms with Crippen molar-refractivity contribution in [3.63, 3.8) is 0 Å². The maximum atomic E-state index is 13.3. The highest BCUT2D eigenvalue weighted by Crippen LogP contribution is 2.42. The third-order valence-corrected chi connectivity index (χ3v) is 7.28. The van der Waals surface area contributed by atoms with Crippen LogP contribution in [0.4, 0.5) is 5.69 Å². The number of hydrogen-bond donors (Lipinski definition) is 1. The van der Waals surface area contributed by atoms with Gasteiger partial charge in [0.05, 0.1) is 18.0 Å². The second-order valence-electron chi connectivity index (χ2n) is 8.74. The molecule has 2 heterocycles. The van der Waals surface area contributed by atoms with Gasteiger partial charge in [-0.05, 0) is 69.2 Å². The molecule has 4 rings (SSSR count). The summed E-state index contributed by atoms with van der Waals surface area (Å²) in [5.41, 5.74) is 1.75. The summed E-state index contributed by atoms with van der Waals surface area (Å²) >= 11 is 0. The van der Waals surface area contributed by atoms with Crippen molar-refractivity contribution in [2.24, 2.45) is 0 Å². The monoisotopic (exact) mass is 444 g/mol. The lowest BCUT2D eigenvalue weighted by Gasteiger charge is -2.37. The number of hydrogen-bond acceptors (Lipinski definition) is 5. The molecule has 0 unspecified atom stereocenters. The smallest absolute Gasteiger partial charge is 0.241 e. The molecule has 8 heteroatoms. The van der Waals surface area contributed by atoms with E-state index in [1.807, 2.05) is 32.9 Å². The van der Waals surface area contributed by atoms with Crippen LogP contribution in [0.2, 0.25) is 0 Å². The highest BCUT2D eigenvalue weighted by molar-refractivity contribution is 7.89. The number of nitrogens with one attached hydrogen (secondary N) is 1. The first-order chi connectivity index (χ1) is 14.6. The molecule has 0 spiro atoms. The van der Waals surface area contributed by atoms with E-state index in [4.69, 9.17) is 9.47 Å². The van der Waals surface area contributed by atoms with E-state index in [9.17, 15) is 13.2 Å². The summed E-state index contributed by atoms with van der Waals surface area (Å²) in [5, 5.41) is 0. The second kappa shape index (κ2) is 7.84. The summed E-state index contributed by atoms with van der Waals surface area (Å²) in [7, 11) is -2.23. The molecule has 2 aliphatic rings. The number of sulfonamides is 1.